The van der Waals surface area contributed by atoms with Crippen molar-refractivity contribution >= 4 is 22.7 Å². The van der Waals surface area contributed by atoms with Crippen molar-refractivity contribution in [2.75, 3.05) is 24.2 Å². The highest BCUT2D eigenvalue weighted by molar-refractivity contribution is 5.70. The number of nitrogens with two attached hydrogens (primary N) is 2. The minimum Gasteiger partial charge on any atom is -0.492 e. The van der Waals surface area contributed by atoms with Crippen LogP contribution >= 0.6 is 0 Å². The third-order valence-corrected chi connectivity index (χ3v) is 2.75. The van der Waals surface area contributed by atoms with Crippen molar-refractivity contribution in [2.24, 2.45) is 5.73 Å². The number of nitrogens with zero attached hydrogens (tertiary/aromatic N) is 1. The second-order valence-corrected chi connectivity index (χ2v) is 4.32. The van der Waals surface area contributed by atoms with Crippen LogP contribution in [0.2, 0.25) is 0 Å². The van der Waals surface area contributed by atoms with Crippen molar-refractivity contribution in [1.29, 1.82) is 0 Å². The van der Waals surface area contributed by atoms with Crippen LogP contribution in [-0.4, -0.2) is 18.1 Å². The van der Waals surface area contributed by atoms with Gasteiger partial charge < -0.3 is 21.5 Å². The summed E-state index contributed by atoms with van der Waals surface area (Å²) in [5, 5.41) is 13.8. The number of nitro groups is 1. The molecule has 21 heavy (non-hydrogen) atoms. The van der Waals surface area contributed by atoms with Crippen LogP contribution in [0.15, 0.2) is 42.5 Å². The van der Waals surface area contributed by atoms with Crippen LogP contribution in [0.4, 0.5) is 22.7 Å². The van der Waals surface area contributed by atoms with Gasteiger partial charge in [-0.2, -0.15) is 0 Å². The van der Waals surface area contributed by atoms with Crippen molar-refractivity contribution < 1.29 is 9.66 Å². The van der Waals surface area contributed by atoms with E-state index in [1.807, 2.05) is 24.3 Å². The first-order chi connectivity index (χ1) is 10.1. The van der Waals surface area contributed by atoms with Crippen LogP contribution in [0.25, 0.3) is 0 Å². The van der Waals surface area contributed by atoms with Gasteiger partial charge in [0.15, 0.2) is 0 Å². The molecular formula is C14H16N4O3. The molecule has 0 amide bonds. The molecule has 0 aromatic heterocycles. The summed E-state index contributed by atoms with van der Waals surface area (Å²) >= 11 is 0. The normalized spacial score (nSPS) is 10.1. The summed E-state index contributed by atoms with van der Waals surface area (Å²) in [5.41, 5.74) is 12.5. The number of rotatable bonds is 6. The van der Waals surface area contributed by atoms with E-state index in [4.69, 9.17) is 16.2 Å². The standard InChI is InChI=1S/C14H16N4O3/c15-7-8-21-12-4-1-10(2-5-12)17-11-3-6-14(18(19)20)13(16)9-11/h1-6,9,17H,7-8,15-16H2. The third-order valence-electron chi connectivity index (χ3n) is 2.75. The molecule has 5 N–H and O–H groups in total. The highest BCUT2D eigenvalue weighted by Gasteiger charge is 2.11. The average Bonchev–Trinajstić information content (AvgIpc) is 2.46. The Labute approximate surface area is 121 Å². The minimum absolute atomic E-state index is 0.105. The zero-order valence-corrected chi connectivity index (χ0v) is 11.3. The highest BCUT2D eigenvalue weighted by Crippen LogP contribution is 2.27. The predicted molar refractivity (Wildman–Crippen MR) is 81.8 cm³/mol. The number of nitrogens with one attached hydrogen (secondary N) is 1. The molecule has 2 rings (SSSR count). The molecule has 0 aliphatic carbocycles. The lowest BCUT2D eigenvalue weighted by Gasteiger charge is -2.09. The molecule has 0 heterocycles. The Morgan fingerprint density at radius 3 is 2.38 bits per heavy atom. The number of anilines is 3. The number of nitrogen functional groups attached to an aromatic ring is 1. The van der Waals surface area contributed by atoms with E-state index < -0.39 is 4.92 Å². The van der Waals surface area contributed by atoms with E-state index in [2.05, 4.69) is 5.32 Å². The van der Waals surface area contributed by atoms with E-state index in [1.165, 1.54) is 12.1 Å². The molecule has 7 nitrogen and oxygen atoms in total. The molecule has 0 fully saturated rings. The first-order valence-electron chi connectivity index (χ1n) is 6.34. The third kappa shape index (κ3) is 3.83. The monoisotopic (exact) mass is 288 g/mol. The maximum absolute atomic E-state index is 10.7. The fourth-order valence-corrected chi connectivity index (χ4v) is 1.78. The predicted octanol–water partition coefficient (Wildman–Crippen LogP) is 2.26. The van der Waals surface area contributed by atoms with Gasteiger partial charge in [0.1, 0.15) is 18.0 Å². The van der Waals surface area contributed by atoms with Gasteiger partial charge in [0.05, 0.1) is 4.92 Å². The quantitative estimate of drug-likeness (QED) is 0.426. The van der Waals surface area contributed by atoms with Gasteiger partial charge in [-0.05, 0) is 36.4 Å². The van der Waals surface area contributed by atoms with Crippen molar-refractivity contribution in [1.82, 2.24) is 0 Å². The molecule has 7 heteroatoms. The Bertz CT molecular complexity index is 629. The summed E-state index contributed by atoms with van der Waals surface area (Å²) in [6.45, 7) is 0.924. The number of benzene rings is 2. The van der Waals surface area contributed by atoms with Gasteiger partial charge in [0.25, 0.3) is 5.69 Å². The van der Waals surface area contributed by atoms with Crippen LogP contribution in [0.5, 0.6) is 5.75 Å². The van der Waals surface area contributed by atoms with E-state index in [-0.39, 0.29) is 11.4 Å². The topological polar surface area (TPSA) is 116 Å². The fraction of sp³-hybridized carbons (Fsp3) is 0.143. The molecule has 2 aromatic rings. The molecular weight excluding hydrogens is 272 g/mol. The maximum Gasteiger partial charge on any atom is 0.292 e. The highest BCUT2D eigenvalue weighted by atomic mass is 16.6. The lowest BCUT2D eigenvalue weighted by Crippen LogP contribution is -2.10. The smallest absolute Gasteiger partial charge is 0.292 e. The zero-order valence-electron chi connectivity index (χ0n) is 11.3. The van der Waals surface area contributed by atoms with Gasteiger partial charge in [-0.1, -0.05) is 0 Å². The molecule has 0 spiro atoms. The molecule has 0 saturated carbocycles. The van der Waals surface area contributed by atoms with Gasteiger partial charge in [0.2, 0.25) is 0 Å². The number of ether oxygens (including phenoxy) is 1. The van der Waals surface area contributed by atoms with Crippen LogP contribution < -0.4 is 21.5 Å². The summed E-state index contributed by atoms with van der Waals surface area (Å²) in [4.78, 5) is 10.2. The zero-order chi connectivity index (χ0) is 15.2. The second kappa shape index (κ2) is 6.58. The SMILES string of the molecule is NCCOc1ccc(Nc2ccc([N+](=O)[O-])c(N)c2)cc1. The van der Waals surface area contributed by atoms with E-state index >= 15 is 0 Å². The Morgan fingerprint density at radius 1 is 1.14 bits per heavy atom. The first-order valence-corrected chi connectivity index (χ1v) is 6.34. The van der Waals surface area contributed by atoms with E-state index in [0.29, 0.717) is 18.8 Å². The second-order valence-electron chi connectivity index (χ2n) is 4.32. The number of nitro benzene ring substituents is 1. The molecule has 0 aliphatic heterocycles. The summed E-state index contributed by atoms with van der Waals surface area (Å²) < 4.78 is 5.37. The van der Waals surface area contributed by atoms with Gasteiger partial charge in [-0.3, -0.25) is 10.1 Å². The fourth-order valence-electron chi connectivity index (χ4n) is 1.78. The molecule has 0 aliphatic rings. The molecule has 0 radical (unpaired) electrons. The van der Waals surface area contributed by atoms with Crippen LogP contribution in [0.3, 0.4) is 0 Å². The molecule has 2 aromatic carbocycles. The molecule has 0 saturated heterocycles. The Balaban J connectivity index is 2.07. The van der Waals surface area contributed by atoms with Crippen LogP contribution in [0, 0.1) is 10.1 Å². The van der Waals surface area contributed by atoms with Crippen LogP contribution in [0.1, 0.15) is 0 Å². The lowest BCUT2D eigenvalue weighted by molar-refractivity contribution is -0.383. The summed E-state index contributed by atoms with van der Waals surface area (Å²) in [6.07, 6.45) is 0. The van der Waals surface area contributed by atoms with Crippen molar-refractivity contribution in [3.8, 4) is 5.75 Å². The van der Waals surface area contributed by atoms with E-state index in [1.54, 1.807) is 6.07 Å². The maximum atomic E-state index is 10.7. The van der Waals surface area contributed by atoms with Crippen LogP contribution in [-0.2, 0) is 0 Å². The van der Waals surface area contributed by atoms with Crippen molar-refractivity contribution in [3.63, 3.8) is 0 Å². The van der Waals surface area contributed by atoms with Gasteiger partial charge in [-0.25, -0.2) is 0 Å². The number of hydrogen-bond donors (Lipinski definition) is 3. The van der Waals surface area contributed by atoms with Crippen molar-refractivity contribution in [2.45, 2.75) is 0 Å². The summed E-state index contributed by atoms with van der Waals surface area (Å²) in [6, 6.07) is 11.8. The first kappa shape index (κ1) is 14.6. The largest absolute Gasteiger partial charge is 0.492 e. The summed E-state index contributed by atoms with van der Waals surface area (Å²) in [7, 11) is 0. The average molecular weight is 288 g/mol. The lowest BCUT2D eigenvalue weighted by atomic mass is 10.2. The van der Waals surface area contributed by atoms with Gasteiger partial charge in [-0.15, -0.1) is 0 Å². The molecule has 0 unspecified atom stereocenters. The molecule has 0 atom stereocenters. The minimum atomic E-state index is -0.511. The van der Waals surface area contributed by atoms with E-state index in [9.17, 15) is 10.1 Å². The van der Waals surface area contributed by atoms with E-state index in [0.717, 1.165) is 11.4 Å². The van der Waals surface area contributed by atoms with Gasteiger partial charge in [0, 0.05) is 24.0 Å². The number of hydrogen-bond acceptors (Lipinski definition) is 6. The summed E-state index contributed by atoms with van der Waals surface area (Å²) in [5.74, 6) is 0.731. The molecule has 110 valence electrons. The van der Waals surface area contributed by atoms with Gasteiger partial charge >= 0.3 is 0 Å². The molecule has 0 bridgehead atoms. The Kier molecular flexibility index (Phi) is 4.57. The Morgan fingerprint density at radius 2 is 1.81 bits per heavy atom. The Hall–Kier alpha value is -2.80. The van der Waals surface area contributed by atoms with Crippen molar-refractivity contribution in [3.05, 3.63) is 52.6 Å².